The molecule has 1 N–H and O–H groups in total. The van der Waals surface area contributed by atoms with Crippen molar-refractivity contribution in [3.63, 3.8) is 0 Å². The van der Waals surface area contributed by atoms with Gasteiger partial charge in [-0.25, -0.2) is 4.98 Å². The van der Waals surface area contributed by atoms with Crippen molar-refractivity contribution >= 4 is 28.5 Å². The maximum atomic E-state index is 11.9. The predicted molar refractivity (Wildman–Crippen MR) is 86.6 cm³/mol. The van der Waals surface area contributed by atoms with Crippen molar-refractivity contribution in [1.82, 2.24) is 4.98 Å². The van der Waals surface area contributed by atoms with Crippen LogP contribution in [0.1, 0.15) is 18.1 Å². The lowest BCUT2D eigenvalue weighted by molar-refractivity contribution is -0.111. The van der Waals surface area contributed by atoms with Crippen LogP contribution in [-0.4, -0.2) is 24.1 Å². The van der Waals surface area contributed by atoms with Gasteiger partial charge in [-0.05, 0) is 25.1 Å². The number of rotatable bonds is 4. The number of fused-ring (bicyclic) bond motifs is 1. The number of hydrogen-bond donors (Lipinski definition) is 1. The van der Waals surface area contributed by atoms with Gasteiger partial charge in [0, 0.05) is 35.2 Å². The summed E-state index contributed by atoms with van der Waals surface area (Å²) in [6, 6.07) is 3.88. The molecular formula is C16H16N2O3S. The van der Waals surface area contributed by atoms with Crippen molar-refractivity contribution in [2.24, 2.45) is 0 Å². The summed E-state index contributed by atoms with van der Waals surface area (Å²) in [5.74, 6) is 1.36. The van der Waals surface area contributed by atoms with Gasteiger partial charge in [0.05, 0.1) is 7.11 Å². The third-order valence-corrected chi connectivity index (χ3v) is 4.01. The highest BCUT2D eigenvalue weighted by Crippen LogP contribution is 2.35. The molecule has 114 valence electrons. The number of nitrogens with zero attached hydrogens (tertiary/aromatic N) is 1. The topological polar surface area (TPSA) is 60.5 Å². The van der Waals surface area contributed by atoms with Crippen molar-refractivity contribution in [2.45, 2.75) is 19.4 Å². The highest BCUT2D eigenvalue weighted by Gasteiger charge is 2.21. The van der Waals surface area contributed by atoms with E-state index in [0.717, 1.165) is 29.0 Å². The molecular weight excluding hydrogens is 300 g/mol. The summed E-state index contributed by atoms with van der Waals surface area (Å²) in [5, 5.41) is 5.08. The monoisotopic (exact) mass is 316 g/mol. The van der Waals surface area contributed by atoms with Crippen LogP contribution in [0.15, 0.2) is 29.8 Å². The number of amides is 1. The Morgan fingerprint density at radius 1 is 1.55 bits per heavy atom. The fourth-order valence-electron chi connectivity index (χ4n) is 2.36. The zero-order valence-electron chi connectivity index (χ0n) is 12.3. The largest absolute Gasteiger partial charge is 0.496 e. The summed E-state index contributed by atoms with van der Waals surface area (Å²) < 4.78 is 11.1. The van der Waals surface area contributed by atoms with Crippen molar-refractivity contribution in [3.05, 3.63) is 40.9 Å². The molecule has 0 spiro atoms. The maximum Gasteiger partial charge on any atom is 0.250 e. The fraction of sp³-hybridized carbons (Fsp3) is 0.250. The molecule has 1 aromatic heterocycles. The first kappa shape index (κ1) is 14.6. The number of anilines is 1. The fourth-order valence-corrected chi connectivity index (χ4v) is 2.89. The van der Waals surface area contributed by atoms with E-state index in [1.807, 2.05) is 19.1 Å². The second-order valence-electron chi connectivity index (χ2n) is 4.99. The Morgan fingerprint density at radius 3 is 3.14 bits per heavy atom. The average molecular weight is 316 g/mol. The summed E-state index contributed by atoms with van der Waals surface area (Å²) in [4.78, 5) is 15.9. The van der Waals surface area contributed by atoms with Crippen LogP contribution in [0, 0.1) is 0 Å². The van der Waals surface area contributed by atoms with E-state index in [0.29, 0.717) is 5.13 Å². The van der Waals surface area contributed by atoms with E-state index in [4.69, 9.17) is 9.47 Å². The molecule has 1 aromatic carbocycles. The Balaban J connectivity index is 1.78. The van der Waals surface area contributed by atoms with Crippen LogP contribution >= 0.6 is 11.3 Å². The molecule has 2 aromatic rings. The van der Waals surface area contributed by atoms with Crippen LogP contribution in [0.3, 0.4) is 0 Å². The number of benzene rings is 1. The number of nitrogens with one attached hydrogen (secondary N) is 1. The summed E-state index contributed by atoms with van der Waals surface area (Å²) in [6.07, 6.45) is 5.87. The number of thiazole rings is 1. The Labute approximate surface area is 132 Å². The SMILES string of the molecule is COc1cc2c(cc1/C=C/C(=O)Nc1nccs1)OC(C)C2. The van der Waals surface area contributed by atoms with Gasteiger partial charge in [-0.3, -0.25) is 10.1 Å². The minimum absolute atomic E-state index is 0.173. The van der Waals surface area contributed by atoms with Crippen LogP contribution in [0.25, 0.3) is 6.08 Å². The molecule has 2 heterocycles. The molecule has 1 amide bonds. The molecule has 22 heavy (non-hydrogen) atoms. The third-order valence-electron chi connectivity index (χ3n) is 3.33. The number of carbonyl (C=O) groups excluding carboxylic acids is 1. The minimum atomic E-state index is -0.230. The summed E-state index contributed by atoms with van der Waals surface area (Å²) in [7, 11) is 1.62. The van der Waals surface area contributed by atoms with Gasteiger partial charge in [-0.1, -0.05) is 0 Å². The van der Waals surface area contributed by atoms with Gasteiger partial charge in [0.15, 0.2) is 5.13 Å². The Morgan fingerprint density at radius 2 is 2.41 bits per heavy atom. The summed E-state index contributed by atoms with van der Waals surface area (Å²) in [5.41, 5.74) is 1.94. The van der Waals surface area contributed by atoms with Crippen LogP contribution in [0.2, 0.25) is 0 Å². The highest BCUT2D eigenvalue weighted by atomic mass is 32.1. The predicted octanol–water partition coefficient (Wildman–Crippen LogP) is 3.13. The maximum absolute atomic E-state index is 11.9. The molecule has 0 saturated carbocycles. The Hall–Kier alpha value is -2.34. The van der Waals surface area contributed by atoms with E-state index >= 15 is 0 Å². The molecule has 0 saturated heterocycles. The van der Waals surface area contributed by atoms with E-state index in [1.165, 1.54) is 17.4 Å². The molecule has 5 nitrogen and oxygen atoms in total. The summed E-state index contributed by atoms with van der Waals surface area (Å²) >= 11 is 1.38. The van der Waals surface area contributed by atoms with Crippen molar-refractivity contribution in [1.29, 1.82) is 0 Å². The lowest BCUT2D eigenvalue weighted by Crippen LogP contribution is -2.07. The Bertz CT molecular complexity index is 710. The van der Waals surface area contributed by atoms with Crippen molar-refractivity contribution in [2.75, 3.05) is 12.4 Å². The second kappa shape index (κ2) is 6.19. The van der Waals surface area contributed by atoms with Crippen LogP contribution in [0.5, 0.6) is 11.5 Å². The van der Waals surface area contributed by atoms with Gasteiger partial charge in [0.1, 0.15) is 17.6 Å². The van der Waals surface area contributed by atoms with Crippen molar-refractivity contribution < 1.29 is 14.3 Å². The molecule has 0 radical (unpaired) electrons. The first-order chi connectivity index (χ1) is 10.7. The number of aromatic nitrogens is 1. The quantitative estimate of drug-likeness (QED) is 0.880. The molecule has 0 aliphatic carbocycles. The molecule has 1 atom stereocenters. The zero-order chi connectivity index (χ0) is 15.5. The van der Waals surface area contributed by atoms with Crippen LogP contribution < -0.4 is 14.8 Å². The lowest BCUT2D eigenvalue weighted by Gasteiger charge is -2.08. The molecule has 0 fully saturated rings. The van der Waals surface area contributed by atoms with E-state index in [1.54, 1.807) is 24.8 Å². The number of carbonyl (C=O) groups is 1. The van der Waals surface area contributed by atoms with Gasteiger partial charge >= 0.3 is 0 Å². The normalized spacial score (nSPS) is 16.4. The second-order valence-corrected chi connectivity index (χ2v) is 5.89. The Kier molecular flexibility index (Phi) is 4.11. The number of hydrogen-bond acceptors (Lipinski definition) is 5. The first-order valence-corrected chi connectivity index (χ1v) is 7.80. The van der Waals surface area contributed by atoms with Gasteiger partial charge < -0.3 is 9.47 Å². The van der Waals surface area contributed by atoms with Gasteiger partial charge in [-0.15, -0.1) is 11.3 Å². The van der Waals surface area contributed by atoms with E-state index < -0.39 is 0 Å². The van der Waals surface area contributed by atoms with Gasteiger partial charge in [-0.2, -0.15) is 0 Å². The molecule has 0 bridgehead atoms. The molecule has 1 aliphatic heterocycles. The molecule has 1 unspecified atom stereocenters. The van der Waals surface area contributed by atoms with E-state index in [-0.39, 0.29) is 12.0 Å². The zero-order valence-corrected chi connectivity index (χ0v) is 13.1. The van der Waals surface area contributed by atoms with Crippen LogP contribution in [-0.2, 0) is 11.2 Å². The third kappa shape index (κ3) is 3.12. The molecule has 3 rings (SSSR count). The number of methoxy groups -OCH3 is 1. The van der Waals surface area contributed by atoms with Crippen LogP contribution in [0.4, 0.5) is 5.13 Å². The lowest BCUT2D eigenvalue weighted by atomic mass is 10.1. The average Bonchev–Trinajstić information content (AvgIpc) is 3.11. The van der Waals surface area contributed by atoms with E-state index in [9.17, 15) is 4.79 Å². The number of ether oxygens (including phenoxy) is 2. The summed E-state index contributed by atoms with van der Waals surface area (Å²) in [6.45, 7) is 2.03. The standard InChI is InChI=1S/C16H16N2O3S/c1-10-7-12-9-13(20-2)11(8-14(12)21-10)3-4-15(19)18-16-17-5-6-22-16/h3-6,8-10H,7H2,1-2H3,(H,17,18,19)/b4-3+. The van der Waals surface area contributed by atoms with Crippen molar-refractivity contribution in [3.8, 4) is 11.5 Å². The first-order valence-electron chi connectivity index (χ1n) is 6.92. The highest BCUT2D eigenvalue weighted by molar-refractivity contribution is 7.13. The van der Waals surface area contributed by atoms with Gasteiger partial charge in [0.2, 0.25) is 5.91 Å². The smallest absolute Gasteiger partial charge is 0.250 e. The molecule has 1 aliphatic rings. The van der Waals surface area contributed by atoms with Gasteiger partial charge in [0.25, 0.3) is 0 Å². The molecule has 6 heteroatoms. The minimum Gasteiger partial charge on any atom is -0.496 e. The van der Waals surface area contributed by atoms with E-state index in [2.05, 4.69) is 10.3 Å².